The maximum Gasteiger partial charge on any atom is 0.179 e. The van der Waals surface area contributed by atoms with E-state index >= 15 is 0 Å². The largest absolute Gasteiger partial charge is 0.490 e. The van der Waals surface area contributed by atoms with Crippen LogP contribution in [0.4, 0.5) is 0 Å². The Morgan fingerprint density at radius 3 is 2.10 bits per heavy atom. The standard InChI is InChI=1S/C13H17ClO5S/c1-4-18-12-6-9(11(15)8-20(3,16)17)10(14)7-13(12)19-5-2/h6-7H,4-5,8H2,1-3H3. The molecule has 0 heterocycles. The van der Waals surface area contributed by atoms with Crippen molar-refractivity contribution >= 4 is 27.2 Å². The van der Waals surface area contributed by atoms with Gasteiger partial charge in [0.1, 0.15) is 5.75 Å². The Balaban J connectivity index is 3.20. The summed E-state index contributed by atoms with van der Waals surface area (Å²) in [5.74, 6) is -0.362. The molecule has 112 valence electrons. The quantitative estimate of drug-likeness (QED) is 0.721. The molecule has 0 aliphatic carbocycles. The predicted octanol–water partition coefficient (Wildman–Crippen LogP) is 2.36. The first-order chi connectivity index (χ1) is 9.28. The number of benzene rings is 1. The van der Waals surface area contributed by atoms with Crippen LogP contribution in [0.5, 0.6) is 11.5 Å². The second-order valence-corrected chi connectivity index (χ2v) is 6.69. The zero-order valence-electron chi connectivity index (χ0n) is 11.6. The van der Waals surface area contributed by atoms with Crippen molar-refractivity contribution in [1.29, 1.82) is 0 Å². The van der Waals surface area contributed by atoms with Gasteiger partial charge in [-0.05, 0) is 19.9 Å². The summed E-state index contributed by atoms with van der Waals surface area (Å²) in [6, 6.07) is 2.88. The van der Waals surface area contributed by atoms with Gasteiger partial charge in [0.2, 0.25) is 0 Å². The van der Waals surface area contributed by atoms with Crippen LogP contribution < -0.4 is 9.47 Å². The van der Waals surface area contributed by atoms with E-state index in [1.165, 1.54) is 12.1 Å². The molecule has 0 amide bonds. The highest BCUT2D eigenvalue weighted by molar-refractivity contribution is 7.91. The van der Waals surface area contributed by atoms with Gasteiger partial charge in [0.25, 0.3) is 0 Å². The third-order valence-corrected chi connectivity index (χ3v) is 3.43. The molecule has 7 heteroatoms. The molecule has 0 N–H and O–H groups in total. The van der Waals surface area contributed by atoms with Crippen LogP contribution in [0.3, 0.4) is 0 Å². The molecule has 0 aromatic heterocycles. The monoisotopic (exact) mass is 320 g/mol. The molecule has 5 nitrogen and oxygen atoms in total. The predicted molar refractivity (Wildman–Crippen MR) is 77.8 cm³/mol. The van der Waals surface area contributed by atoms with Gasteiger partial charge in [-0.25, -0.2) is 8.42 Å². The number of carbonyl (C=O) groups is 1. The number of ether oxygens (including phenoxy) is 2. The molecule has 0 bridgehead atoms. The third kappa shape index (κ3) is 4.68. The smallest absolute Gasteiger partial charge is 0.179 e. The molecule has 1 aromatic carbocycles. The summed E-state index contributed by atoms with van der Waals surface area (Å²) < 4.78 is 33.1. The Kier molecular flexibility index (Phi) is 5.83. The SMILES string of the molecule is CCOc1cc(Cl)c(C(=O)CS(C)(=O)=O)cc1OCC. The summed E-state index contributed by atoms with van der Waals surface area (Å²) in [4.78, 5) is 11.9. The van der Waals surface area contributed by atoms with Crippen molar-refractivity contribution in [3.8, 4) is 11.5 Å². The van der Waals surface area contributed by atoms with Crippen LogP contribution in [0, 0.1) is 0 Å². The zero-order chi connectivity index (χ0) is 15.3. The Hall–Kier alpha value is -1.27. The van der Waals surface area contributed by atoms with Crippen LogP contribution in [-0.4, -0.2) is 39.4 Å². The number of Topliss-reactive ketones (excluding diaryl/α,β-unsaturated/α-hetero) is 1. The maximum atomic E-state index is 11.9. The molecular formula is C13H17ClO5S. The van der Waals surface area contributed by atoms with Crippen molar-refractivity contribution in [1.82, 2.24) is 0 Å². The Bertz CT molecular complexity index is 595. The average molecular weight is 321 g/mol. The van der Waals surface area contributed by atoms with Gasteiger partial charge < -0.3 is 9.47 Å². The topological polar surface area (TPSA) is 69.7 Å². The van der Waals surface area contributed by atoms with E-state index in [-0.39, 0.29) is 10.6 Å². The Morgan fingerprint density at radius 2 is 1.65 bits per heavy atom. The first kappa shape index (κ1) is 16.8. The molecule has 0 aliphatic rings. The lowest BCUT2D eigenvalue weighted by Gasteiger charge is -2.13. The van der Waals surface area contributed by atoms with Crippen LogP contribution in [0.1, 0.15) is 24.2 Å². The molecule has 1 aromatic rings. The van der Waals surface area contributed by atoms with Gasteiger partial charge in [0.05, 0.1) is 18.2 Å². The second-order valence-electron chi connectivity index (χ2n) is 4.14. The molecule has 0 saturated heterocycles. The Morgan fingerprint density at radius 1 is 1.15 bits per heavy atom. The normalized spacial score (nSPS) is 11.2. The van der Waals surface area contributed by atoms with E-state index < -0.39 is 21.4 Å². The minimum Gasteiger partial charge on any atom is -0.490 e. The van der Waals surface area contributed by atoms with Gasteiger partial charge in [-0.1, -0.05) is 11.6 Å². The molecule has 0 aliphatic heterocycles. The average Bonchev–Trinajstić information content (AvgIpc) is 2.30. The number of carbonyl (C=O) groups excluding carboxylic acids is 1. The number of hydrogen-bond donors (Lipinski definition) is 0. The summed E-state index contributed by atoms with van der Waals surface area (Å²) in [5, 5.41) is 0.144. The van der Waals surface area contributed by atoms with Crippen molar-refractivity contribution in [3.05, 3.63) is 22.7 Å². The fraction of sp³-hybridized carbons (Fsp3) is 0.462. The summed E-state index contributed by atoms with van der Waals surface area (Å²) in [7, 11) is -3.41. The number of ketones is 1. The van der Waals surface area contributed by atoms with Crippen molar-refractivity contribution in [2.24, 2.45) is 0 Å². The van der Waals surface area contributed by atoms with Gasteiger partial charge in [-0.2, -0.15) is 0 Å². The molecular weight excluding hydrogens is 304 g/mol. The molecule has 0 saturated carbocycles. The number of sulfone groups is 1. The summed E-state index contributed by atoms with van der Waals surface area (Å²) >= 11 is 6.01. The highest BCUT2D eigenvalue weighted by atomic mass is 35.5. The third-order valence-electron chi connectivity index (χ3n) is 2.33. The second kappa shape index (κ2) is 6.95. The molecule has 0 radical (unpaired) electrons. The van der Waals surface area contributed by atoms with Crippen LogP contribution in [0.25, 0.3) is 0 Å². The van der Waals surface area contributed by atoms with Gasteiger partial charge in [0.15, 0.2) is 27.1 Å². The number of hydrogen-bond acceptors (Lipinski definition) is 5. The van der Waals surface area contributed by atoms with Crippen LogP contribution >= 0.6 is 11.6 Å². The lowest BCUT2D eigenvalue weighted by atomic mass is 10.1. The summed E-state index contributed by atoms with van der Waals surface area (Å²) in [6.07, 6.45) is 0.997. The van der Waals surface area contributed by atoms with Gasteiger partial charge in [-0.15, -0.1) is 0 Å². The minimum atomic E-state index is -3.41. The number of halogens is 1. The lowest BCUT2D eigenvalue weighted by molar-refractivity contribution is 0.102. The van der Waals surface area contributed by atoms with Crippen molar-refractivity contribution in [2.75, 3.05) is 25.2 Å². The zero-order valence-corrected chi connectivity index (χ0v) is 13.2. The van der Waals surface area contributed by atoms with Gasteiger partial charge in [-0.3, -0.25) is 4.79 Å². The van der Waals surface area contributed by atoms with Crippen molar-refractivity contribution in [3.63, 3.8) is 0 Å². The molecule has 0 atom stereocenters. The lowest BCUT2D eigenvalue weighted by Crippen LogP contribution is -2.15. The molecule has 1 rings (SSSR count). The van der Waals surface area contributed by atoms with Gasteiger partial charge in [0, 0.05) is 17.9 Å². The van der Waals surface area contributed by atoms with Crippen LogP contribution in [0.15, 0.2) is 12.1 Å². The fourth-order valence-corrected chi connectivity index (χ4v) is 2.49. The Labute approximate surface area is 123 Å². The van der Waals surface area contributed by atoms with E-state index in [0.717, 1.165) is 6.26 Å². The summed E-state index contributed by atoms with van der Waals surface area (Å²) in [6.45, 7) is 4.42. The highest BCUT2D eigenvalue weighted by Crippen LogP contribution is 2.34. The van der Waals surface area contributed by atoms with Crippen LogP contribution in [-0.2, 0) is 9.84 Å². The van der Waals surface area contributed by atoms with Crippen LogP contribution in [0.2, 0.25) is 5.02 Å². The van der Waals surface area contributed by atoms with E-state index in [1.54, 1.807) is 6.92 Å². The van der Waals surface area contributed by atoms with E-state index in [0.29, 0.717) is 24.7 Å². The fourth-order valence-electron chi connectivity index (χ4n) is 1.60. The molecule has 0 unspecified atom stereocenters. The highest BCUT2D eigenvalue weighted by Gasteiger charge is 2.19. The molecule has 0 spiro atoms. The van der Waals surface area contributed by atoms with Crippen molar-refractivity contribution < 1.29 is 22.7 Å². The minimum absolute atomic E-state index is 0.115. The molecule has 20 heavy (non-hydrogen) atoms. The van der Waals surface area contributed by atoms with E-state index in [9.17, 15) is 13.2 Å². The maximum absolute atomic E-state index is 11.9. The van der Waals surface area contributed by atoms with E-state index in [1.807, 2.05) is 6.92 Å². The molecule has 0 fully saturated rings. The van der Waals surface area contributed by atoms with E-state index in [4.69, 9.17) is 21.1 Å². The van der Waals surface area contributed by atoms with E-state index in [2.05, 4.69) is 0 Å². The van der Waals surface area contributed by atoms with Gasteiger partial charge >= 0.3 is 0 Å². The first-order valence-corrected chi connectivity index (χ1v) is 8.52. The summed E-state index contributed by atoms with van der Waals surface area (Å²) in [5.41, 5.74) is 0.115. The first-order valence-electron chi connectivity index (χ1n) is 6.08. The number of rotatable bonds is 7. The van der Waals surface area contributed by atoms with Crippen molar-refractivity contribution in [2.45, 2.75) is 13.8 Å².